The molecule has 0 aromatic heterocycles. The third-order valence-electron chi connectivity index (χ3n) is 4.22. The summed E-state index contributed by atoms with van der Waals surface area (Å²) in [6, 6.07) is 8.00. The van der Waals surface area contributed by atoms with E-state index in [-0.39, 0.29) is 22.1 Å². The molecule has 0 spiro atoms. The van der Waals surface area contributed by atoms with E-state index in [2.05, 4.69) is 48.1 Å². The molecule has 0 heterocycles. The minimum Gasteiger partial charge on any atom is -0.326 e. The Morgan fingerprint density at radius 1 is 1.42 bits per heavy atom. The van der Waals surface area contributed by atoms with Gasteiger partial charge in [0, 0.05) is 16.4 Å². The van der Waals surface area contributed by atoms with E-state index in [0.717, 1.165) is 30.5 Å². The number of hydrogen-bond acceptors (Lipinski definition) is 1. The Labute approximate surface area is 124 Å². The number of benzene rings is 1. The van der Waals surface area contributed by atoms with Crippen LogP contribution in [0.2, 0.25) is 0 Å². The summed E-state index contributed by atoms with van der Waals surface area (Å²) in [5.74, 6) is 0.300. The lowest BCUT2D eigenvalue weighted by Crippen LogP contribution is -2.31. The summed E-state index contributed by atoms with van der Waals surface area (Å²) in [4.78, 5) is 12.7. The Kier molecular flexibility index (Phi) is 4.34. The van der Waals surface area contributed by atoms with Crippen LogP contribution in [0.15, 0.2) is 24.3 Å². The van der Waals surface area contributed by atoms with Crippen molar-refractivity contribution in [2.75, 3.05) is 5.32 Å². The normalized spacial score (nSPS) is 23.1. The van der Waals surface area contributed by atoms with Crippen molar-refractivity contribution >= 4 is 27.5 Å². The standard InChI is InChI=1S/C16H22BrNO/c1-11(17)12-7-4-5-9-14(12)18-15(19)13-8-6-10-16(13,2)3/h4-5,7,9,11,13H,6,8,10H2,1-3H3,(H,18,19). The van der Waals surface area contributed by atoms with Crippen molar-refractivity contribution < 1.29 is 4.79 Å². The van der Waals surface area contributed by atoms with Gasteiger partial charge in [-0.3, -0.25) is 4.79 Å². The van der Waals surface area contributed by atoms with Gasteiger partial charge in [0.1, 0.15) is 0 Å². The van der Waals surface area contributed by atoms with Crippen molar-refractivity contribution in [3.05, 3.63) is 29.8 Å². The van der Waals surface area contributed by atoms with Gasteiger partial charge < -0.3 is 5.32 Å². The second-order valence-corrected chi connectivity index (χ2v) is 7.50. The predicted octanol–water partition coefficient (Wildman–Crippen LogP) is 4.91. The van der Waals surface area contributed by atoms with E-state index in [4.69, 9.17) is 0 Å². The molecule has 0 aliphatic heterocycles. The van der Waals surface area contributed by atoms with Gasteiger partial charge in [0.25, 0.3) is 0 Å². The molecule has 1 aliphatic rings. The van der Waals surface area contributed by atoms with E-state index in [9.17, 15) is 4.79 Å². The molecule has 1 aliphatic carbocycles. The summed E-state index contributed by atoms with van der Waals surface area (Å²) in [5, 5.41) is 3.12. The van der Waals surface area contributed by atoms with E-state index < -0.39 is 0 Å². The molecule has 1 amide bonds. The summed E-state index contributed by atoms with van der Waals surface area (Å²) in [6.07, 6.45) is 3.30. The average molecular weight is 324 g/mol. The number of halogens is 1. The molecule has 1 aromatic carbocycles. The first-order valence-corrected chi connectivity index (χ1v) is 7.87. The molecule has 1 N–H and O–H groups in total. The van der Waals surface area contributed by atoms with Crippen LogP contribution in [0.1, 0.15) is 50.4 Å². The Morgan fingerprint density at radius 3 is 2.68 bits per heavy atom. The van der Waals surface area contributed by atoms with Crippen molar-refractivity contribution in [2.45, 2.75) is 44.9 Å². The Morgan fingerprint density at radius 2 is 2.11 bits per heavy atom. The molecule has 1 fully saturated rings. The molecule has 104 valence electrons. The summed E-state index contributed by atoms with van der Waals surface area (Å²) >= 11 is 3.58. The fourth-order valence-corrected chi connectivity index (χ4v) is 3.39. The molecule has 3 heteroatoms. The highest BCUT2D eigenvalue weighted by molar-refractivity contribution is 9.09. The van der Waals surface area contributed by atoms with Gasteiger partial charge in [0.15, 0.2) is 0 Å². The van der Waals surface area contributed by atoms with Crippen LogP contribution in [0, 0.1) is 11.3 Å². The lowest BCUT2D eigenvalue weighted by molar-refractivity contribution is -0.122. The lowest BCUT2D eigenvalue weighted by atomic mass is 9.81. The van der Waals surface area contributed by atoms with Gasteiger partial charge in [-0.2, -0.15) is 0 Å². The van der Waals surface area contributed by atoms with Crippen molar-refractivity contribution in [2.24, 2.45) is 11.3 Å². The Hall–Kier alpha value is -0.830. The Balaban J connectivity index is 2.16. The topological polar surface area (TPSA) is 29.1 Å². The van der Waals surface area contributed by atoms with Crippen molar-refractivity contribution in [1.82, 2.24) is 0 Å². The van der Waals surface area contributed by atoms with Gasteiger partial charge in [0.05, 0.1) is 0 Å². The molecule has 1 saturated carbocycles. The molecule has 2 rings (SSSR count). The molecule has 0 saturated heterocycles. The summed E-state index contributed by atoms with van der Waals surface area (Å²) in [5.41, 5.74) is 2.19. The van der Waals surface area contributed by atoms with Crippen LogP contribution in [-0.4, -0.2) is 5.91 Å². The number of hydrogen-bond donors (Lipinski definition) is 1. The van der Waals surface area contributed by atoms with Gasteiger partial charge in [-0.15, -0.1) is 0 Å². The SMILES string of the molecule is CC(Br)c1ccccc1NC(=O)C1CCCC1(C)C. The molecular weight excluding hydrogens is 302 g/mol. The lowest BCUT2D eigenvalue weighted by Gasteiger charge is -2.26. The molecular formula is C16H22BrNO. The number of alkyl halides is 1. The number of carbonyl (C=O) groups is 1. The first kappa shape index (κ1) is 14.6. The molecule has 2 nitrogen and oxygen atoms in total. The zero-order valence-corrected chi connectivity index (χ0v) is 13.5. The average Bonchev–Trinajstić information content (AvgIpc) is 2.69. The Bertz CT molecular complexity index is 468. The van der Waals surface area contributed by atoms with Crippen LogP contribution in [0.3, 0.4) is 0 Å². The number of carbonyl (C=O) groups excluding carboxylic acids is 1. The monoisotopic (exact) mass is 323 g/mol. The molecule has 0 radical (unpaired) electrons. The van der Waals surface area contributed by atoms with Crippen LogP contribution in [-0.2, 0) is 4.79 Å². The maximum Gasteiger partial charge on any atom is 0.228 e. The van der Waals surface area contributed by atoms with E-state index in [1.807, 2.05) is 18.2 Å². The number of nitrogens with one attached hydrogen (secondary N) is 1. The van der Waals surface area contributed by atoms with E-state index in [0.29, 0.717) is 0 Å². The van der Waals surface area contributed by atoms with Gasteiger partial charge in [-0.1, -0.05) is 54.4 Å². The van der Waals surface area contributed by atoms with Crippen LogP contribution in [0.5, 0.6) is 0 Å². The second kappa shape index (κ2) is 5.66. The summed E-state index contributed by atoms with van der Waals surface area (Å²) in [7, 11) is 0. The van der Waals surface area contributed by atoms with Crippen molar-refractivity contribution in [3.8, 4) is 0 Å². The minimum atomic E-state index is 0.124. The molecule has 19 heavy (non-hydrogen) atoms. The van der Waals surface area contributed by atoms with Crippen LogP contribution in [0.4, 0.5) is 5.69 Å². The zero-order valence-electron chi connectivity index (χ0n) is 11.9. The number of rotatable bonds is 3. The van der Waals surface area contributed by atoms with Gasteiger partial charge in [-0.05, 0) is 36.8 Å². The van der Waals surface area contributed by atoms with Gasteiger partial charge >= 0.3 is 0 Å². The fourth-order valence-electron chi connectivity index (χ4n) is 2.99. The van der Waals surface area contributed by atoms with E-state index >= 15 is 0 Å². The van der Waals surface area contributed by atoms with Crippen LogP contribution >= 0.6 is 15.9 Å². The molecule has 2 unspecified atom stereocenters. The second-order valence-electron chi connectivity index (χ2n) is 6.13. The smallest absolute Gasteiger partial charge is 0.228 e. The van der Waals surface area contributed by atoms with Gasteiger partial charge in [-0.25, -0.2) is 0 Å². The van der Waals surface area contributed by atoms with Crippen LogP contribution < -0.4 is 5.32 Å². The largest absolute Gasteiger partial charge is 0.326 e. The maximum absolute atomic E-state index is 12.5. The highest BCUT2D eigenvalue weighted by Gasteiger charge is 2.39. The third-order valence-corrected chi connectivity index (χ3v) is 4.71. The summed E-state index contributed by atoms with van der Waals surface area (Å²) < 4.78 is 0. The first-order chi connectivity index (χ1) is 8.92. The number of para-hydroxylation sites is 1. The molecule has 2 atom stereocenters. The van der Waals surface area contributed by atoms with E-state index in [1.54, 1.807) is 0 Å². The van der Waals surface area contributed by atoms with Gasteiger partial charge in [0.2, 0.25) is 5.91 Å². The minimum absolute atomic E-state index is 0.124. The predicted molar refractivity (Wildman–Crippen MR) is 83.5 cm³/mol. The maximum atomic E-state index is 12.5. The third kappa shape index (κ3) is 3.19. The fraction of sp³-hybridized carbons (Fsp3) is 0.562. The van der Waals surface area contributed by atoms with Crippen molar-refractivity contribution in [3.63, 3.8) is 0 Å². The number of anilines is 1. The van der Waals surface area contributed by atoms with Crippen LogP contribution in [0.25, 0.3) is 0 Å². The number of amides is 1. The first-order valence-electron chi connectivity index (χ1n) is 6.95. The van der Waals surface area contributed by atoms with E-state index in [1.165, 1.54) is 0 Å². The highest BCUT2D eigenvalue weighted by atomic mass is 79.9. The van der Waals surface area contributed by atoms with Crippen molar-refractivity contribution in [1.29, 1.82) is 0 Å². The summed E-state index contributed by atoms with van der Waals surface area (Å²) in [6.45, 7) is 6.47. The zero-order chi connectivity index (χ0) is 14.0. The molecule has 1 aromatic rings. The highest BCUT2D eigenvalue weighted by Crippen LogP contribution is 2.43. The molecule has 0 bridgehead atoms. The quantitative estimate of drug-likeness (QED) is 0.787.